The fourth-order valence-electron chi connectivity index (χ4n) is 2.71. The second kappa shape index (κ2) is 7.24. The van der Waals surface area contributed by atoms with E-state index in [1.807, 2.05) is 30.3 Å². The highest BCUT2D eigenvalue weighted by molar-refractivity contribution is 6.42. The Morgan fingerprint density at radius 1 is 1.08 bits per heavy atom. The minimum Gasteiger partial charge on any atom is -0.447 e. The monoisotopic (exact) mass is 363 g/mol. The first-order chi connectivity index (χ1) is 11.5. The first kappa shape index (κ1) is 16.8. The van der Waals surface area contributed by atoms with Crippen LogP contribution < -0.4 is 0 Å². The molecule has 0 bridgehead atoms. The molecule has 24 heavy (non-hydrogen) atoms. The molecule has 2 aromatic rings. The summed E-state index contributed by atoms with van der Waals surface area (Å²) in [6.45, 7) is 0.209. The SMILES string of the molecule is O=C(Cc1ccc(Cl)c(Cl)c1)N1C(=O)OC[C@H]1Cc1ccccc1. The predicted octanol–water partition coefficient (Wildman–Crippen LogP) is 4.13. The largest absolute Gasteiger partial charge is 0.447 e. The molecule has 0 radical (unpaired) electrons. The Kier molecular flexibility index (Phi) is 5.07. The molecule has 1 aliphatic rings. The Bertz CT molecular complexity index is 764. The Morgan fingerprint density at radius 2 is 1.83 bits per heavy atom. The van der Waals surface area contributed by atoms with Crippen LogP contribution in [0.5, 0.6) is 0 Å². The van der Waals surface area contributed by atoms with Gasteiger partial charge in [0, 0.05) is 0 Å². The number of amides is 2. The van der Waals surface area contributed by atoms with Gasteiger partial charge in [-0.25, -0.2) is 9.69 Å². The van der Waals surface area contributed by atoms with E-state index in [1.54, 1.807) is 18.2 Å². The van der Waals surface area contributed by atoms with Crippen molar-refractivity contribution >= 4 is 35.2 Å². The third-order valence-corrected chi connectivity index (χ3v) is 4.62. The molecule has 0 spiro atoms. The highest BCUT2D eigenvalue weighted by Crippen LogP contribution is 2.24. The van der Waals surface area contributed by atoms with Gasteiger partial charge in [0.15, 0.2) is 0 Å². The standard InChI is InChI=1S/C18H15Cl2NO3/c19-15-7-6-13(9-16(15)20)10-17(22)21-14(11-24-18(21)23)8-12-4-2-1-3-5-12/h1-7,9,14H,8,10-11H2/t14-/m1/s1. The van der Waals surface area contributed by atoms with Crippen molar-refractivity contribution in [3.05, 3.63) is 69.7 Å². The smallest absolute Gasteiger partial charge is 0.416 e. The number of imide groups is 1. The molecular weight excluding hydrogens is 349 g/mol. The van der Waals surface area contributed by atoms with Gasteiger partial charge in [0.2, 0.25) is 5.91 Å². The zero-order valence-electron chi connectivity index (χ0n) is 12.7. The number of cyclic esters (lactones) is 1. The summed E-state index contributed by atoms with van der Waals surface area (Å²) < 4.78 is 5.07. The van der Waals surface area contributed by atoms with E-state index in [0.29, 0.717) is 22.0 Å². The van der Waals surface area contributed by atoms with E-state index in [0.717, 1.165) is 5.56 Å². The van der Waals surface area contributed by atoms with E-state index in [-0.39, 0.29) is 25.0 Å². The van der Waals surface area contributed by atoms with E-state index in [1.165, 1.54) is 4.90 Å². The van der Waals surface area contributed by atoms with Crippen LogP contribution in [-0.2, 0) is 22.4 Å². The van der Waals surface area contributed by atoms with Gasteiger partial charge in [-0.3, -0.25) is 4.79 Å². The van der Waals surface area contributed by atoms with Crippen molar-refractivity contribution in [1.29, 1.82) is 0 Å². The van der Waals surface area contributed by atoms with Crippen LogP contribution in [0.1, 0.15) is 11.1 Å². The van der Waals surface area contributed by atoms with Crippen LogP contribution in [0.2, 0.25) is 10.0 Å². The quantitative estimate of drug-likeness (QED) is 0.820. The average molecular weight is 364 g/mol. The molecule has 1 fully saturated rings. The van der Waals surface area contributed by atoms with Crippen molar-refractivity contribution < 1.29 is 14.3 Å². The molecule has 4 nitrogen and oxygen atoms in total. The summed E-state index contributed by atoms with van der Waals surface area (Å²) in [6.07, 6.45) is 0.0396. The highest BCUT2D eigenvalue weighted by atomic mass is 35.5. The van der Waals surface area contributed by atoms with Crippen LogP contribution in [0, 0.1) is 0 Å². The molecule has 0 aliphatic carbocycles. The molecule has 1 atom stereocenters. The Morgan fingerprint density at radius 3 is 2.54 bits per heavy atom. The molecule has 0 saturated carbocycles. The van der Waals surface area contributed by atoms with Gasteiger partial charge >= 0.3 is 6.09 Å². The van der Waals surface area contributed by atoms with Crippen molar-refractivity contribution in [3.63, 3.8) is 0 Å². The molecule has 1 aliphatic heterocycles. The first-order valence-corrected chi connectivity index (χ1v) is 8.27. The van der Waals surface area contributed by atoms with E-state index in [2.05, 4.69) is 0 Å². The fraction of sp³-hybridized carbons (Fsp3) is 0.222. The minimum atomic E-state index is -0.596. The summed E-state index contributed by atoms with van der Waals surface area (Å²) in [7, 11) is 0. The number of halogens is 2. The molecule has 0 N–H and O–H groups in total. The lowest BCUT2D eigenvalue weighted by atomic mass is 10.0. The third kappa shape index (κ3) is 3.71. The second-order valence-electron chi connectivity index (χ2n) is 5.61. The highest BCUT2D eigenvalue weighted by Gasteiger charge is 2.37. The maximum Gasteiger partial charge on any atom is 0.416 e. The predicted molar refractivity (Wildman–Crippen MR) is 92.3 cm³/mol. The molecule has 3 rings (SSSR count). The van der Waals surface area contributed by atoms with E-state index < -0.39 is 6.09 Å². The summed E-state index contributed by atoms with van der Waals surface area (Å²) in [5.41, 5.74) is 1.75. The van der Waals surface area contributed by atoms with E-state index in [9.17, 15) is 9.59 Å². The number of rotatable bonds is 4. The number of carbonyl (C=O) groups excluding carboxylic acids is 2. The topological polar surface area (TPSA) is 46.6 Å². The molecule has 2 aromatic carbocycles. The van der Waals surface area contributed by atoms with Gasteiger partial charge in [0.25, 0.3) is 0 Å². The molecule has 0 unspecified atom stereocenters. The molecular formula is C18H15Cl2NO3. The zero-order chi connectivity index (χ0) is 17.1. The van der Waals surface area contributed by atoms with Crippen molar-refractivity contribution in [2.24, 2.45) is 0 Å². The van der Waals surface area contributed by atoms with Crippen molar-refractivity contribution in [2.45, 2.75) is 18.9 Å². The van der Waals surface area contributed by atoms with Gasteiger partial charge in [0.05, 0.1) is 22.5 Å². The Hall–Kier alpha value is -2.04. The van der Waals surface area contributed by atoms with E-state index in [4.69, 9.17) is 27.9 Å². The van der Waals surface area contributed by atoms with Crippen molar-refractivity contribution in [2.75, 3.05) is 6.61 Å². The molecule has 1 heterocycles. The van der Waals surface area contributed by atoms with Gasteiger partial charge < -0.3 is 4.74 Å². The second-order valence-corrected chi connectivity index (χ2v) is 6.42. The fourth-order valence-corrected chi connectivity index (χ4v) is 3.03. The maximum atomic E-state index is 12.6. The Balaban J connectivity index is 1.73. The van der Waals surface area contributed by atoms with Crippen LogP contribution in [0.15, 0.2) is 48.5 Å². The minimum absolute atomic E-state index is 0.0667. The lowest BCUT2D eigenvalue weighted by Gasteiger charge is -2.19. The number of hydrogen-bond acceptors (Lipinski definition) is 3. The van der Waals surface area contributed by atoms with Gasteiger partial charge in [-0.15, -0.1) is 0 Å². The van der Waals surface area contributed by atoms with Gasteiger partial charge in [-0.1, -0.05) is 59.6 Å². The molecule has 1 saturated heterocycles. The van der Waals surface area contributed by atoms with Crippen LogP contribution in [-0.4, -0.2) is 29.5 Å². The number of nitrogens with zero attached hydrogens (tertiary/aromatic N) is 1. The molecule has 0 aromatic heterocycles. The average Bonchev–Trinajstić information content (AvgIpc) is 2.92. The number of carbonyl (C=O) groups is 2. The first-order valence-electron chi connectivity index (χ1n) is 7.51. The lowest BCUT2D eigenvalue weighted by molar-refractivity contribution is -0.128. The van der Waals surface area contributed by atoms with Gasteiger partial charge in [-0.05, 0) is 29.7 Å². The Labute approximate surface area is 149 Å². The van der Waals surface area contributed by atoms with Gasteiger partial charge in [0.1, 0.15) is 6.61 Å². The summed E-state index contributed by atoms with van der Waals surface area (Å²) in [5, 5.41) is 0.808. The van der Waals surface area contributed by atoms with Crippen LogP contribution >= 0.6 is 23.2 Å². The van der Waals surface area contributed by atoms with Gasteiger partial charge in [-0.2, -0.15) is 0 Å². The van der Waals surface area contributed by atoms with Crippen LogP contribution in [0.4, 0.5) is 4.79 Å². The lowest BCUT2D eigenvalue weighted by Crippen LogP contribution is -2.41. The number of benzene rings is 2. The summed E-state index contributed by atoms with van der Waals surface area (Å²) in [6, 6.07) is 14.4. The molecule has 124 valence electrons. The molecule has 2 amide bonds. The normalized spacial score (nSPS) is 17.0. The van der Waals surface area contributed by atoms with Crippen LogP contribution in [0.25, 0.3) is 0 Å². The van der Waals surface area contributed by atoms with E-state index >= 15 is 0 Å². The zero-order valence-corrected chi connectivity index (χ0v) is 14.3. The third-order valence-electron chi connectivity index (χ3n) is 3.88. The van der Waals surface area contributed by atoms with Crippen LogP contribution in [0.3, 0.4) is 0 Å². The molecule has 6 heteroatoms. The maximum absolute atomic E-state index is 12.6. The summed E-state index contributed by atoms with van der Waals surface area (Å²) >= 11 is 11.9. The summed E-state index contributed by atoms with van der Waals surface area (Å²) in [5.74, 6) is -0.308. The number of ether oxygens (including phenoxy) is 1. The summed E-state index contributed by atoms with van der Waals surface area (Å²) in [4.78, 5) is 25.7. The van der Waals surface area contributed by atoms with Crippen molar-refractivity contribution in [3.8, 4) is 0 Å². The number of hydrogen-bond donors (Lipinski definition) is 0. The van der Waals surface area contributed by atoms with Crippen molar-refractivity contribution in [1.82, 2.24) is 4.90 Å².